The molecule has 0 amide bonds. The Morgan fingerprint density at radius 3 is 2.43 bits per heavy atom. The largest absolute Gasteiger partial charge is 0.491 e. The molecule has 14 heavy (non-hydrogen) atoms. The first kappa shape index (κ1) is 11.0. The average molecular weight is 194 g/mol. The molecule has 0 heterocycles. The second-order valence-corrected chi connectivity index (χ2v) is 3.60. The molecule has 0 aromatic heterocycles. The molecule has 3 nitrogen and oxygen atoms in total. The summed E-state index contributed by atoms with van der Waals surface area (Å²) in [5.74, 6) is 6.25. The molecule has 0 fully saturated rings. The highest BCUT2D eigenvalue weighted by Gasteiger charge is 2.05. The van der Waals surface area contributed by atoms with E-state index in [4.69, 9.17) is 10.6 Å². The fraction of sp³-hybridized carbons (Fsp3) is 0.455. The van der Waals surface area contributed by atoms with Crippen molar-refractivity contribution >= 4 is 0 Å². The van der Waals surface area contributed by atoms with Gasteiger partial charge in [0.2, 0.25) is 0 Å². The molecular weight excluding hydrogens is 176 g/mol. The van der Waals surface area contributed by atoms with E-state index in [0.717, 1.165) is 16.9 Å². The molecule has 0 aliphatic heterocycles. The Hall–Kier alpha value is -1.06. The van der Waals surface area contributed by atoms with E-state index in [1.54, 1.807) is 0 Å². The molecular formula is C11H18N2O. The van der Waals surface area contributed by atoms with E-state index in [1.807, 2.05) is 39.0 Å². The van der Waals surface area contributed by atoms with E-state index in [2.05, 4.69) is 5.43 Å². The Kier molecular flexibility index (Phi) is 3.92. The Morgan fingerprint density at radius 2 is 1.93 bits per heavy atom. The van der Waals surface area contributed by atoms with Gasteiger partial charge in [0, 0.05) is 0 Å². The van der Waals surface area contributed by atoms with Gasteiger partial charge in [-0.2, -0.15) is 0 Å². The maximum atomic E-state index is 5.68. The first-order valence-electron chi connectivity index (χ1n) is 4.80. The first-order valence-corrected chi connectivity index (χ1v) is 4.80. The fourth-order valence-electron chi connectivity index (χ4n) is 1.28. The van der Waals surface area contributed by atoms with Gasteiger partial charge in [-0.05, 0) is 31.9 Å². The van der Waals surface area contributed by atoms with Gasteiger partial charge in [0.05, 0.1) is 6.04 Å². The van der Waals surface area contributed by atoms with E-state index in [9.17, 15) is 0 Å². The lowest BCUT2D eigenvalue weighted by molar-refractivity contribution is 0.271. The van der Waals surface area contributed by atoms with Gasteiger partial charge < -0.3 is 4.74 Å². The van der Waals surface area contributed by atoms with Crippen LogP contribution < -0.4 is 16.0 Å². The maximum absolute atomic E-state index is 5.68. The summed E-state index contributed by atoms with van der Waals surface area (Å²) in [5, 5.41) is 0. The quantitative estimate of drug-likeness (QED) is 0.564. The van der Waals surface area contributed by atoms with Crippen molar-refractivity contribution in [3.63, 3.8) is 0 Å². The number of nitrogens with one attached hydrogen (secondary N) is 1. The molecule has 0 saturated carbocycles. The van der Waals surface area contributed by atoms with Gasteiger partial charge in [-0.3, -0.25) is 11.3 Å². The van der Waals surface area contributed by atoms with Crippen LogP contribution in [0.1, 0.15) is 18.1 Å². The van der Waals surface area contributed by atoms with Crippen molar-refractivity contribution in [2.24, 2.45) is 5.84 Å². The highest BCUT2D eigenvalue weighted by Crippen LogP contribution is 2.22. The molecule has 1 unspecified atom stereocenters. The van der Waals surface area contributed by atoms with Crippen molar-refractivity contribution in [1.29, 1.82) is 0 Å². The number of rotatable bonds is 4. The van der Waals surface area contributed by atoms with Crippen molar-refractivity contribution in [3.05, 3.63) is 29.3 Å². The van der Waals surface area contributed by atoms with Crippen LogP contribution in [-0.2, 0) is 0 Å². The number of ether oxygens (including phenoxy) is 1. The number of hydrogen-bond acceptors (Lipinski definition) is 3. The number of hydrogen-bond donors (Lipinski definition) is 2. The van der Waals surface area contributed by atoms with Gasteiger partial charge in [0.1, 0.15) is 12.4 Å². The number of aryl methyl sites for hydroxylation is 2. The summed E-state index contributed by atoms with van der Waals surface area (Å²) in [6.45, 7) is 6.65. The van der Waals surface area contributed by atoms with Crippen LogP contribution in [0.3, 0.4) is 0 Å². The van der Waals surface area contributed by atoms with Crippen LogP contribution in [0, 0.1) is 13.8 Å². The second kappa shape index (κ2) is 4.98. The van der Waals surface area contributed by atoms with E-state index in [1.165, 1.54) is 0 Å². The van der Waals surface area contributed by atoms with E-state index in [-0.39, 0.29) is 6.04 Å². The molecule has 0 aliphatic rings. The summed E-state index contributed by atoms with van der Waals surface area (Å²) in [5.41, 5.74) is 4.97. The Balaban J connectivity index is 2.66. The third kappa shape index (κ3) is 2.72. The van der Waals surface area contributed by atoms with Crippen LogP contribution in [0.5, 0.6) is 5.75 Å². The first-order chi connectivity index (χ1) is 6.65. The fourth-order valence-corrected chi connectivity index (χ4v) is 1.28. The SMILES string of the molecule is Cc1cccc(C)c1OCC(C)NN. The predicted molar refractivity (Wildman–Crippen MR) is 58.2 cm³/mol. The molecule has 0 spiro atoms. The minimum Gasteiger partial charge on any atom is -0.491 e. The third-order valence-electron chi connectivity index (χ3n) is 2.17. The second-order valence-electron chi connectivity index (χ2n) is 3.60. The molecule has 1 aromatic rings. The molecule has 1 rings (SSSR count). The molecule has 0 radical (unpaired) electrons. The van der Waals surface area contributed by atoms with Crippen molar-refractivity contribution in [3.8, 4) is 5.75 Å². The normalized spacial score (nSPS) is 12.6. The maximum Gasteiger partial charge on any atom is 0.125 e. The molecule has 0 bridgehead atoms. The molecule has 78 valence electrons. The zero-order chi connectivity index (χ0) is 10.6. The summed E-state index contributed by atoms with van der Waals surface area (Å²) in [4.78, 5) is 0. The Bertz CT molecular complexity index is 279. The highest BCUT2D eigenvalue weighted by atomic mass is 16.5. The summed E-state index contributed by atoms with van der Waals surface area (Å²) in [6.07, 6.45) is 0. The Morgan fingerprint density at radius 1 is 1.36 bits per heavy atom. The summed E-state index contributed by atoms with van der Waals surface area (Å²) < 4.78 is 5.68. The third-order valence-corrected chi connectivity index (χ3v) is 2.17. The number of benzene rings is 1. The molecule has 0 saturated heterocycles. The lowest BCUT2D eigenvalue weighted by Crippen LogP contribution is -2.37. The van der Waals surface area contributed by atoms with Gasteiger partial charge in [-0.15, -0.1) is 0 Å². The number of para-hydroxylation sites is 1. The van der Waals surface area contributed by atoms with Crippen LogP contribution in [0.15, 0.2) is 18.2 Å². The summed E-state index contributed by atoms with van der Waals surface area (Å²) in [7, 11) is 0. The van der Waals surface area contributed by atoms with Gasteiger partial charge >= 0.3 is 0 Å². The van der Waals surface area contributed by atoms with E-state index in [0.29, 0.717) is 6.61 Å². The van der Waals surface area contributed by atoms with E-state index >= 15 is 0 Å². The van der Waals surface area contributed by atoms with Crippen molar-refractivity contribution < 1.29 is 4.74 Å². The number of nitrogens with two attached hydrogens (primary N) is 1. The van der Waals surface area contributed by atoms with Crippen LogP contribution in [0.4, 0.5) is 0 Å². The Labute approximate surface area is 85.2 Å². The lowest BCUT2D eigenvalue weighted by Gasteiger charge is -2.15. The smallest absolute Gasteiger partial charge is 0.125 e. The van der Waals surface area contributed by atoms with Crippen molar-refractivity contribution in [2.75, 3.05) is 6.61 Å². The molecule has 3 heteroatoms. The van der Waals surface area contributed by atoms with Crippen LogP contribution in [0.2, 0.25) is 0 Å². The van der Waals surface area contributed by atoms with Crippen LogP contribution >= 0.6 is 0 Å². The number of hydrazine groups is 1. The van der Waals surface area contributed by atoms with Gasteiger partial charge in [0.25, 0.3) is 0 Å². The molecule has 3 N–H and O–H groups in total. The standard InChI is InChI=1S/C11H18N2O/c1-8-5-4-6-9(2)11(8)14-7-10(3)13-12/h4-6,10,13H,7,12H2,1-3H3. The lowest BCUT2D eigenvalue weighted by atomic mass is 10.1. The molecule has 0 aliphatic carbocycles. The van der Waals surface area contributed by atoms with E-state index < -0.39 is 0 Å². The highest BCUT2D eigenvalue weighted by molar-refractivity contribution is 5.39. The zero-order valence-electron chi connectivity index (χ0n) is 9.00. The van der Waals surface area contributed by atoms with Crippen molar-refractivity contribution in [1.82, 2.24) is 5.43 Å². The van der Waals surface area contributed by atoms with Crippen molar-refractivity contribution in [2.45, 2.75) is 26.8 Å². The minimum atomic E-state index is 0.161. The zero-order valence-corrected chi connectivity index (χ0v) is 9.00. The summed E-state index contributed by atoms with van der Waals surface area (Å²) in [6, 6.07) is 6.28. The molecule has 1 atom stereocenters. The predicted octanol–water partition coefficient (Wildman–Crippen LogP) is 1.53. The monoisotopic (exact) mass is 194 g/mol. The van der Waals surface area contributed by atoms with Gasteiger partial charge in [-0.1, -0.05) is 18.2 Å². The topological polar surface area (TPSA) is 47.3 Å². The van der Waals surface area contributed by atoms with Gasteiger partial charge in [0.15, 0.2) is 0 Å². The van der Waals surface area contributed by atoms with Crippen LogP contribution in [0.25, 0.3) is 0 Å². The molecule has 1 aromatic carbocycles. The average Bonchev–Trinajstić information content (AvgIpc) is 2.16. The summed E-state index contributed by atoms with van der Waals surface area (Å²) >= 11 is 0. The van der Waals surface area contributed by atoms with Gasteiger partial charge in [-0.25, -0.2) is 0 Å². The van der Waals surface area contributed by atoms with Crippen LogP contribution in [-0.4, -0.2) is 12.6 Å². The minimum absolute atomic E-state index is 0.161.